The van der Waals surface area contributed by atoms with Gasteiger partial charge in [0.2, 0.25) is 5.91 Å². The molecule has 3 aromatic rings. The third-order valence-electron chi connectivity index (χ3n) is 5.84. The molecule has 0 radical (unpaired) electrons. The summed E-state index contributed by atoms with van der Waals surface area (Å²) < 4.78 is 7.42. The van der Waals surface area contributed by atoms with Crippen molar-refractivity contribution in [3.8, 4) is 11.3 Å². The molecule has 4 rings (SSSR count). The van der Waals surface area contributed by atoms with Gasteiger partial charge in [0.15, 0.2) is 0 Å². The number of carbonyl (C=O) groups excluding carboxylic acids is 1. The second-order valence-electron chi connectivity index (χ2n) is 8.12. The Hall–Kier alpha value is -2.70. The maximum absolute atomic E-state index is 12.8. The van der Waals surface area contributed by atoms with Gasteiger partial charge in [0.25, 0.3) is 0 Å². The van der Waals surface area contributed by atoms with Crippen molar-refractivity contribution in [2.75, 3.05) is 39.4 Å². The molecule has 0 bridgehead atoms. The fraction of sp³-hybridized carbons (Fsp3) is 0.417. The van der Waals surface area contributed by atoms with Crippen LogP contribution in [0.3, 0.4) is 0 Å². The van der Waals surface area contributed by atoms with Gasteiger partial charge in [0, 0.05) is 37.9 Å². The fourth-order valence-electron chi connectivity index (χ4n) is 3.88. The summed E-state index contributed by atoms with van der Waals surface area (Å²) in [5, 5.41) is 3.08. The van der Waals surface area contributed by atoms with Gasteiger partial charge in [-0.3, -0.25) is 9.69 Å². The minimum atomic E-state index is 0.0238. The minimum Gasteiger partial charge on any atom is -0.379 e. The quantitative estimate of drug-likeness (QED) is 0.684. The monoisotopic (exact) mass is 406 g/mol. The first-order valence-electron chi connectivity index (χ1n) is 10.6. The second kappa shape index (κ2) is 8.98. The number of aromatic nitrogens is 2. The lowest BCUT2D eigenvalue weighted by atomic mass is 10.0. The van der Waals surface area contributed by atoms with Crippen molar-refractivity contribution >= 4 is 11.6 Å². The molecule has 0 unspecified atom stereocenters. The maximum atomic E-state index is 12.8. The fourth-order valence-corrected chi connectivity index (χ4v) is 3.88. The molecule has 158 valence electrons. The Balaban J connectivity index is 1.55. The van der Waals surface area contributed by atoms with Crippen LogP contribution in [-0.2, 0) is 16.0 Å². The molecule has 1 aromatic carbocycles. The number of nitrogens with one attached hydrogen (secondary N) is 1. The van der Waals surface area contributed by atoms with Gasteiger partial charge in [-0.15, -0.1) is 0 Å². The van der Waals surface area contributed by atoms with E-state index in [1.54, 1.807) is 0 Å². The highest BCUT2D eigenvalue weighted by atomic mass is 16.5. The summed E-state index contributed by atoms with van der Waals surface area (Å²) in [6, 6.07) is 10.5. The van der Waals surface area contributed by atoms with Gasteiger partial charge < -0.3 is 14.5 Å². The maximum Gasteiger partial charge on any atom is 0.226 e. The summed E-state index contributed by atoms with van der Waals surface area (Å²) in [5.74, 6) is 0.0238. The number of hydrogen-bond donors (Lipinski definition) is 1. The first-order chi connectivity index (χ1) is 14.5. The van der Waals surface area contributed by atoms with Crippen molar-refractivity contribution in [2.45, 2.75) is 27.2 Å². The number of fused-ring (bicyclic) bond motifs is 1. The van der Waals surface area contributed by atoms with Crippen LogP contribution in [0.4, 0.5) is 0 Å². The van der Waals surface area contributed by atoms with Crippen molar-refractivity contribution in [1.29, 1.82) is 0 Å². The predicted molar refractivity (Wildman–Crippen MR) is 119 cm³/mol. The highest BCUT2D eigenvalue weighted by Gasteiger charge is 2.18. The number of nitrogens with zero attached hydrogens (tertiary/aromatic N) is 3. The van der Waals surface area contributed by atoms with E-state index >= 15 is 0 Å². The third-order valence-corrected chi connectivity index (χ3v) is 5.84. The molecule has 3 heterocycles. The van der Waals surface area contributed by atoms with Crippen molar-refractivity contribution in [1.82, 2.24) is 19.6 Å². The first kappa shape index (κ1) is 20.6. The van der Waals surface area contributed by atoms with Crippen LogP contribution >= 0.6 is 0 Å². The highest BCUT2D eigenvalue weighted by Crippen LogP contribution is 2.27. The summed E-state index contributed by atoms with van der Waals surface area (Å²) in [6.07, 6.45) is 2.31. The van der Waals surface area contributed by atoms with Crippen LogP contribution in [0.2, 0.25) is 0 Å². The number of amides is 1. The molecule has 1 saturated heterocycles. The molecule has 6 nitrogen and oxygen atoms in total. The number of morpholine rings is 1. The molecule has 30 heavy (non-hydrogen) atoms. The van der Waals surface area contributed by atoms with Crippen LogP contribution in [0.15, 0.2) is 36.5 Å². The molecule has 2 aromatic heterocycles. The Morgan fingerprint density at radius 1 is 1.10 bits per heavy atom. The SMILES string of the molecule is Cc1ccn2c(CC(=O)NCCN3CCOCC3)c(-c3ccc(C)c(C)c3)nc2c1. The minimum absolute atomic E-state index is 0.0238. The van der Waals surface area contributed by atoms with Gasteiger partial charge in [-0.25, -0.2) is 4.98 Å². The van der Waals surface area contributed by atoms with Crippen LogP contribution in [-0.4, -0.2) is 59.6 Å². The summed E-state index contributed by atoms with van der Waals surface area (Å²) in [7, 11) is 0. The number of rotatable bonds is 6. The number of pyridine rings is 1. The van der Waals surface area contributed by atoms with Gasteiger partial charge >= 0.3 is 0 Å². The Labute approximate surface area is 177 Å². The third kappa shape index (κ3) is 4.55. The number of benzene rings is 1. The standard InChI is InChI=1S/C24H30N4O2/c1-17-6-8-28-21(16-23(29)25-7-9-27-10-12-30-13-11-27)24(26-22(28)14-17)20-5-4-18(2)19(3)15-20/h4-6,8,14-15H,7,9-13,16H2,1-3H3,(H,25,29). The molecule has 1 aliphatic heterocycles. The molecule has 0 spiro atoms. The van der Waals surface area contributed by atoms with E-state index in [1.807, 2.05) is 10.6 Å². The molecule has 1 N–H and O–H groups in total. The van der Waals surface area contributed by atoms with E-state index < -0.39 is 0 Å². The molecule has 0 aliphatic carbocycles. The summed E-state index contributed by atoms with van der Waals surface area (Å²) >= 11 is 0. The van der Waals surface area contributed by atoms with E-state index in [4.69, 9.17) is 9.72 Å². The molecule has 6 heteroatoms. The molecule has 0 saturated carbocycles. The molecule has 1 amide bonds. The number of hydrogen-bond acceptors (Lipinski definition) is 4. The molecule has 1 aliphatic rings. The smallest absolute Gasteiger partial charge is 0.226 e. The van der Waals surface area contributed by atoms with Crippen LogP contribution in [0, 0.1) is 20.8 Å². The van der Waals surface area contributed by atoms with Crippen molar-refractivity contribution < 1.29 is 9.53 Å². The lowest BCUT2D eigenvalue weighted by molar-refractivity contribution is -0.120. The Morgan fingerprint density at radius 3 is 2.67 bits per heavy atom. The van der Waals surface area contributed by atoms with Gasteiger partial charge in [0.05, 0.1) is 31.0 Å². The number of aryl methyl sites for hydroxylation is 3. The summed E-state index contributed by atoms with van der Waals surface area (Å²) in [4.78, 5) is 20.0. The zero-order valence-electron chi connectivity index (χ0n) is 18.1. The van der Waals surface area contributed by atoms with Crippen LogP contribution in [0.25, 0.3) is 16.9 Å². The second-order valence-corrected chi connectivity index (χ2v) is 8.12. The molecular formula is C24H30N4O2. The van der Waals surface area contributed by atoms with Crippen LogP contribution < -0.4 is 5.32 Å². The Kier molecular flexibility index (Phi) is 6.16. The highest BCUT2D eigenvalue weighted by molar-refractivity contribution is 5.81. The van der Waals surface area contributed by atoms with E-state index in [0.29, 0.717) is 13.0 Å². The first-order valence-corrected chi connectivity index (χ1v) is 10.6. The van der Waals surface area contributed by atoms with Crippen LogP contribution in [0.1, 0.15) is 22.4 Å². The molecule has 1 fully saturated rings. The largest absolute Gasteiger partial charge is 0.379 e. The molecular weight excluding hydrogens is 376 g/mol. The zero-order valence-corrected chi connectivity index (χ0v) is 18.1. The van der Waals surface area contributed by atoms with Crippen molar-refractivity contribution in [2.24, 2.45) is 0 Å². The van der Waals surface area contributed by atoms with E-state index in [0.717, 1.165) is 61.0 Å². The van der Waals surface area contributed by atoms with Gasteiger partial charge in [-0.1, -0.05) is 12.1 Å². The number of ether oxygens (including phenoxy) is 1. The number of carbonyl (C=O) groups is 1. The van der Waals surface area contributed by atoms with Gasteiger partial charge in [-0.2, -0.15) is 0 Å². The van der Waals surface area contributed by atoms with Gasteiger partial charge in [-0.05, 0) is 55.7 Å². The normalized spacial score (nSPS) is 14.9. The van der Waals surface area contributed by atoms with E-state index in [-0.39, 0.29) is 5.91 Å². The van der Waals surface area contributed by atoms with Gasteiger partial charge in [0.1, 0.15) is 5.65 Å². The summed E-state index contributed by atoms with van der Waals surface area (Å²) in [5.41, 5.74) is 7.36. The van der Waals surface area contributed by atoms with E-state index in [1.165, 1.54) is 11.1 Å². The lowest BCUT2D eigenvalue weighted by Crippen LogP contribution is -2.41. The Bertz CT molecular complexity index is 1050. The summed E-state index contributed by atoms with van der Waals surface area (Å²) in [6.45, 7) is 11.2. The zero-order chi connectivity index (χ0) is 21.1. The number of imidazole rings is 1. The molecule has 0 atom stereocenters. The Morgan fingerprint density at radius 2 is 1.90 bits per heavy atom. The average molecular weight is 407 g/mol. The van der Waals surface area contributed by atoms with E-state index in [2.05, 4.69) is 61.3 Å². The van der Waals surface area contributed by atoms with Crippen molar-refractivity contribution in [3.63, 3.8) is 0 Å². The lowest BCUT2D eigenvalue weighted by Gasteiger charge is -2.26. The average Bonchev–Trinajstić information content (AvgIpc) is 3.08. The predicted octanol–water partition coefficient (Wildman–Crippen LogP) is 2.92. The van der Waals surface area contributed by atoms with E-state index in [9.17, 15) is 4.79 Å². The van der Waals surface area contributed by atoms with Crippen LogP contribution in [0.5, 0.6) is 0 Å². The van der Waals surface area contributed by atoms with Crippen molar-refractivity contribution in [3.05, 3.63) is 58.9 Å². The topological polar surface area (TPSA) is 58.9 Å².